The maximum atomic E-state index is 14.1. The van der Waals surface area contributed by atoms with Gasteiger partial charge in [-0.15, -0.1) is 0 Å². The predicted octanol–water partition coefficient (Wildman–Crippen LogP) is 3.85. The molecule has 2 amide bonds. The molecule has 7 rings (SSSR count). The number of allylic oxidation sites excluding steroid dienone is 1. The van der Waals surface area contributed by atoms with Gasteiger partial charge in [0.05, 0.1) is 23.4 Å². The van der Waals surface area contributed by atoms with Crippen LogP contribution in [0.3, 0.4) is 0 Å². The smallest absolute Gasteiger partial charge is 0.236 e. The maximum Gasteiger partial charge on any atom is 0.236 e. The van der Waals surface area contributed by atoms with Gasteiger partial charge in [-0.25, -0.2) is 0 Å². The lowest BCUT2D eigenvalue weighted by Crippen LogP contribution is -2.52. The summed E-state index contributed by atoms with van der Waals surface area (Å²) in [5.74, 6) is 7.88. The number of ether oxygens (including phenoxy) is 1. The van der Waals surface area contributed by atoms with Crippen molar-refractivity contribution in [3.8, 4) is 11.8 Å². The lowest BCUT2D eigenvalue weighted by Gasteiger charge is -2.47. The minimum absolute atomic E-state index is 0.0110. The quantitative estimate of drug-likeness (QED) is 0.556. The van der Waals surface area contributed by atoms with Crippen molar-refractivity contribution >= 4 is 17.5 Å². The zero-order valence-corrected chi connectivity index (χ0v) is 24.5. The van der Waals surface area contributed by atoms with E-state index in [1.54, 1.807) is 0 Å². The van der Waals surface area contributed by atoms with Crippen molar-refractivity contribution < 1.29 is 14.3 Å². The van der Waals surface area contributed by atoms with Crippen molar-refractivity contribution in [1.29, 1.82) is 0 Å². The Hall–Kier alpha value is -4.02. The molecule has 0 aromatic heterocycles. The van der Waals surface area contributed by atoms with Crippen LogP contribution in [0.15, 0.2) is 66.0 Å². The van der Waals surface area contributed by atoms with Crippen LogP contribution in [0.1, 0.15) is 54.0 Å². The van der Waals surface area contributed by atoms with E-state index in [1.807, 2.05) is 19.0 Å². The molecule has 2 spiro atoms. The third kappa shape index (κ3) is 4.40. The molecule has 4 heterocycles. The van der Waals surface area contributed by atoms with Gasteiger partial charge in [-0.1, -0.05) is 42.2 Å². The van der Waals surface area contributed by atoms with Gasteiger partial charge < -0.3 is 25.2 Å². The van der Waals surface area contributed by atoms with E-state index in [4.69, 9.17) is 4.74 Å². The van der Waals surface area contributed by atoms with Crippen LogP contribution in [-0.2, 0) is 27.2 Å². The number of nitrogens with one attached hydrogen (secondary N) is 2. The number of dihydropyridines is 1. The lowest BCUT2D eigenvalue weighted by atomic mass is 9.70. The number of carbonyl (C=O) groups excluding carboxylic acids is 2. The van der Waals surface area contributed by atoms with Gasteiger partial charge in [-0.3, -0.25) is 9.59 Å². The van der Waals surface area contributed by atoms with E-state index in [0.717, 1.165) is 60.4 Å². The zero-order chi connectivity index (χ0) is 28.9. The summed E-state index contributed by atoms with van der Waals surface area (Å²) in [6, 6.07) is 14.9. The van der Waals surface area contributed by atoms with E-state index in [1.165, 1.54) is 11.1 Å². The Balaban J connectivity index is 1.13. The Morgan fingerprint density at radius 3 is 2.60 bits per heavy atom. The number of benzene rings is 2. The summed E-state index contributed by atoms with van der Waals surface area (Å²) in [5, 5.41) is 6.37. The number of carbonyl (C=O) groups is 2. The Bertz CT molecular complexity index is 1550. The molecule has 2 saturated heterocycles. The predicted molar refractivity (Wildman–Crippen MR) is 162 cm³/mol. The maximum absolute atomic E-state index is 14.1. The van der Waals surface area contributed by atoms with Crippen LogP contribution >= 0.6 is 0 Å². The topological polar surface area (TPSA) is 73.9 Å². The molecule has 7 heteroatoms. The number of amides is 2. The molecule has 7 nitrogen and oxygen atoms in total. The molecule has 2 aromatic carbocycles. The molecule has 5 aliphatic rings. The molecule has 4 aliphatic heterocycles. The van der Waals surface area contributed by atoms with E-state index in [2.05, 4.69) is 82.0 Å². The van der Waals surface area contributed by atoms with E-state index >= 15 is 0 Å². The van der Waals surface area contributed by atoms with Gasteiger partial charge in [0.1, 0.15) is 5.82 Å². The summed E-state index contributed by atoms with van der Waals surface area (Å²) in [7, 11) is 4.08. The van der Waals surface area contributed by atoms with Crippen molar-refractivity contribution in [3.63, 3.8) is 0 Å². The van der Waals surface area contributed by atoms with E-state index < -0.39 is 5.41 Å². The molecule has 42 heavy (non-hydrogen) atoms. The highest BCUT2D eigenvalue weighted by Gasteiger charge is 2.52. The first-order valence-electron chi connectivity index (χ1n) is 15.1. The summed E-state index contributed by atoms with van der Waals surface area (Å²) in [5.41, 5.74) is 5.81. The SMILES string of the molecule is CN(C)c1ccc([C@@H]2CCC3(CCOCC3)C(=O)N2CC#Cc2ccc3c(c2)C[C@@]2(C3)C(=O)NC3=C2C=CCN3)cc1. The highest BCUT2D eigenvalue weighted by molar-refractivity contribution is 5.93. The average molecular weight is 563 g/mol. The normalized spacial score (nSPS) is 25.6. The van der Waals surface area contributed by atoms with Crippen molar-refractivity contribution in [2.45, 2.75) is 44.6 Å². The molecule has 2 fully saturated rings. The first kappa shape index (κ1) is 26.9. The van der Waals surface area contributed by atoms with Gasteiger partial charge in [0.25, 0.3) is 0 Å². The fraction of sp³-hybridized carbons (Fsp3) is 0.429. The molecule has 0 unspecified atom stereocenters. The monoisotopic (exact) mass is 562 g/mol. The highest BCUT2D eigenvalue weighted by Crippen LogP contribution is 2.48. The molecular formula is C35H38N4O3. The Morgan fingerprint density at radius 1 is 1.02 bits per heavy atom. The first-order chi connectivity index (χ1) is 20.4. The number of hydrogen-bond donors (Lipinski definition) is 2. The molecule has 0 bridgehead atoms. The average Bonchev–Trinajstić information content (AvgIpc) is 3.52. The van der Waals surface area contributed by atoms with Gasteiger partial charge in [0.2, 0.25) is 11.8 Å². The van der Waals surface area contributed by atoms with Gasteiger partial charge in [-0.05, 0) is 79.5 Å². The van der Waals surface area contributed by atoms with Gasteiger partial charge in [0, 0.05) is 50.7 Å². The van der Waals surface area contributed by atoms with Crippen LogP contribution < -0.4 is 15.5 Å². The van der Waals surface area contributed by atoms with E-state index in [-0.39, 0.29) is 23.3 Å². The van der Waals surface area contributed by atoms with Crippen LogP contribution in [0, 0.1) is 22.7 Å². The van der Waals surface area contributed by atoms with Crippen LogP contribution in [0.25, 0.3) is 0 Å². The number of anilines is 1. The molecule has 0 radical (unpaired) electrons. The third-order valence-electron chi connectivity index (χ3n) is 10.0. The van der Waals surface area contributed by atoms with Crippen molar-refractivity contribution in [1.82, 2.24) is 15.5 Å². The molecule has 0 saturated carbocycles. The van der Waals surface area contributed by atoms with Crippen molar-refractivity contribution in [3.05, 3.63) is 88.3 Å². The minimum atomic E-state index is -0.540. The van der Waals surface area contributed by atoms with E-state index in [9.17, 15) is 9.59 Å². The Morgan fingerprint density at radius 2 is 1.81 bits per heavy atom. The number of likely N-dealkylation sites (tertiary alicyclic amines) is 1. The van der Waals surface area contributed by atoms with Crippen LogP contribution in [0.2, 0.25) is 0 Å². The highest BCUT2D eigenvalue weighted by atomic mass is 16.5. The van der Waals surface area contributed by atoms with Gasteiger partial charge in [0.15, 0.2) is 0 Å². The standard InChI is InChI=1S/C35H38N4O3/c1-38(2)28-11-9-25(10-12-28)30-13-14-34(15-19-42-20-16-34)33(41)39(30)18-4-5-24-7-8-26-22-35(23-27(26)21-24)29-6-3-17-36-31(29)37-32(35)40/h3,6-12,21,30,36H,13-20,22-23H2,1-2H3,(H,37,40)/t30-,35+/m0/s1. The summed E-state index contributed by atoms with van der Waals surface area (Å²) in [6.07, 6.45) is 8.94. The Labute approximate surface area is 248 Å². The number of rotatable bonds is 3. The van der Waals surface area contributed by atoms with Crippen molar-refractivity contribution in [2.75, 3.05) is 45.3 Å². The number of hydrogen-bond acceptors (Lipinski definition) is 5. The molecule has 2 atom stereocenters. The largest absolute Gasteiger partial charge is 0.381 e. The second kappa shape index (κ2) is 10.4. The second-order valence-electron chi connectivity index (χ2n) is 12.6. The fourth-order valence-electron chi connectivity index (χ4n) is 7.58. The first-order valence-corrected chi connectivity index (χ1v) is 15.1. The molecule has 216 valence electrons. The molecule has 2 aromatic rings. The van der Waals surface area contributed by atoms with Gasteiger partial charge >= 0.3 is 0 Å². The minimum Gasteiger partial charge on any atom is -0.381 e. The third-order valence-corrected chi connectivity index (χ3v) is 10.0. The van der Waals surface area contributed by atoms with Crippen LogP contribution in [0.5, 0.6) is 0 Å². The second-order valence-corrected chi connectivity index (χ2v) is 12.6. The Kier molecular flexibility index (Phi) is 6.62. The molecule has 2 N–H and O–H groups in total. The van der Waals surface area contributed by atoms with E-state index in [0.29, 0.717) is 32.6 Å². The number of nitrogens with zero attached hydrogens (tertiary/aromatic N) is 2. The van der Waals surface area contributed by atoms with Crippen LogP contribution in [-0.4, -0.2) is 57.1 Å². The van der Waals surface area contributed by atoms with Crippen LogP contribution in [0.4, 0.5) is 5.69 Å². The summed E-state index contributed by atoms with van der Waals surface area (Å²) >= 11 is 0. The summed E-state index contributed by atoms with van der Waals surface area (Å²) in [6.45, 7) is 2.41. The number of piperidine rings is 1. The molecular weight excluding hydrogens is 524 g/mol. The van der Waals surface area contributed by atoms with Crippen molar-refractivity contribution in [2.24, 2.45) is 10.8 Å². The zero-order valence-electron chi connectivity index (χ0n) is 24.5. The molecule has 1 aliphatic carbocycles. The fourth-order valence-corrected chi connectivity index (χ4v) is 7.58. The lowest BCUT2D eigenvalue weighted by molar-refractivity contribution is -0.156. The number of fused-ring (bicyclic) bond motifs is 2. The van der Waals surface area contributed by atoms with Gasteiger partial charge in [-0.2, -0.15) is 0 Å². The summed E-state index contributed by atoms with van der Waals surface area (Å²) < 4.78 is 5.64. The summed E-state index contributed by atoms with van der Waals surface area (Å²) in [4.78, 5) is 31.3.